The van der Waals surface area contributed by atoms with Crippen LogP contribution >= 0.6 is 0 Å². The Morgan fingerprint density at radius 3 is 2.31 bits per heavy atom. The molecule has 2 heterocycles. The van der Waals surface area contributed by atoms with Gasteiger partial charge in [-0.1, -0.05) is 67.6 Å². The van der Waals surface area contributed by atoms with Gasteiger partial charge in [-0.2, -0.15) is 0 Å². The highest BCUT2D eigenvalue weighted by Gasteiger charge is 2.53. The molecule has 1 saturated heterocycles. The third-order valence-electron chi connectivity index (χ3n) is 8.62. The summed E-state index contributed by atoms with van der Waals surface area (Å²) in [5.74, 6) is -2.73. The number of aliphatic hydroxyl groups excluding tert-OH is 5. The Balaban J connectivity index is 1.40. The van der Waals surface area contributed by atoms with Crippen LogP contribution in [0.2, 0.25) is 0 Å². The molecular weight excluding hydrogens is 622 g/mol. The fourth-order valence-electron chi connectivity index (χ4n) is 5.93. The van der Waals surface area contributed by atoms with E-state index in [-0.39, 0.29) is 36.7 Å². The summed E-state index contributed by atoms with van der Waals surface area (Å²) in [6, 6.07) is 22.4. The van der Waals surface area contributed by atoms with Crippen molar-refractivity contribution in [2.24, 2.45) is 5.92 Å². The van der Waals surface area contributed by atoms with Crippen LogP contribution in [-0.2, 0) is 31.3 Å². The molecule has 0 unspecified atom stereocenters. The maximum atomic E-state index is 14.1. The monoisotopic (exact) mass is 661 g/mol. The first-order valence-corrected chi connectivity index (χ1v) is 15.5. The molecule has 0 aliphatic carbocycles. The summed E-state index contributed by atoms with van der Waals surface area (Å²) in [7, 11) is 0. The van der Waals surface area contributed by atoms with Gasteiger partial charge in [0.05, 0.1) is 12.3 Å². The number of amides is 3. The lowest BCUT2D eigenvalue weighted by Gasteiger charge is -2.37. The maximum Gasteiger partial charge on any atom is 0.268 e. The third-order valence-corrected chi connectivity index (χ3v) is 8.62. The number of carbonyl (C=O) groups is 3. The van der Waals surface area contributed by atoms with Crippen LogP contribution in [0.25, 0.3) is 0 Å². The van der Waals surface area contributed by atoms with Crippen LogP contribution in [0.4, 0.5) is 17.1 Å². The highest BCUT2D eigenvalue weighted by molar-refractivity contribution is 6.12. The Hall–Kier alpha value is -4.47. The number of fused-ring (bicyclic) bond motifs is 1. The lowest BCUT2D eigenvalue weighted by Crippen LogP contribution is -2.60. The lowest BCUT2D eigenvalue weighted by atomic mass is 9.82. The Bertz CT molecular complexity index is 1640. The lowest BCUT2D eigenvalue weighted by molar-refractivity contribution is -0.274. The molecule has 254 valence electrons. The van der Waals surface area contributed by atoms with Gasteiger partial charge in [0, 0.05) is 42.4 Å². The van der Waals surface area contributed by atoms with E-state index in [1.807, 2.05) is 30.3 Å². The van der Waals surface area contributed by atoms with E-state index in [1.165, 1.54) is 28.0 Å². The van der Waals surface area contributed by atoms with Crippen molar-refractivity contribution >= 4 is 34.8 Å². The van der Waals surface area contributed by atoms with Gasteiger partial charge in [-0.15, -0.1) is 0 Å². The van der Waals surface area contributed by atoms with Crippen LogP contribution in [0, 0.1) is 5.92 Å². The van der Waals surface area contributed by atoms with E-state index in [1.54, 1.807) is 49.4 Å². The minimum Gasteiger partial charge on any atom is -0.395 e. The molecule has 48 heavy (non-hydrogen) atoms. The molecule has 0 radical (unpaired) electrons. The molecule has 13 heteroatoms. The van der Waals surface area contributed by atoms with Crippen molar-refractivity contribution in [1.29, 1.82) is 0 Å². The number of nitrogens with one attached hydrogen (secondary N) is 1. The van der Waals surface area contributed by atoms with Gasteiger partial charge in [0.15, 0.2) is 18.0 Å². The predicted octanol–water partition coefficient (Wildman–Crippen LogP) is 0.894. The zero-order valence-electron chi connectivity index (χ0n) is 26.2. The van der Waals surface area contributed by atoms with Crippen LogP contribution < -0.4 is 10.2 Å². The molecule has 2 aliphatic rings. The van der Waals surface area contributed by atoms with Crippen LogP contribution in [0.1, 0.15) is 24.5 Å². The SMILES string of the molecule is C[C@H](/C=C/CC(=O)N(CCO)Cc1ccccc1)[C@@]1(O)C(=O)N(c2ccccc2)c2ccc(NC(=O)[C@H]3O[C@@H](O)[C@H](O)[C@@H](O)[C@@H]3O)cc21. The molecule has 3 amide bonds. The van der Waals surface area contributed by atoms with Gasteiger partial charge in [-0.25, -0.2) is 0 Å². The zero-order valence-corrected chi connectivity index (χ0v) is 26.2. The molecule has 3 aromatic carbocycles. The van der Waals surface area contributed by atoms with Crippen LogP contribution in [0.15, 0.2) is 91.0 Å². The highest BCUT2D eigenvalue weighted by Crippen LogP contribution is 2.49. The largest absolute Gasteiger partial charge is 0.395 e. The number of para-hydroxylation sites is 1. The smallest absolute Gasteiger partial charge is 0.268 e. The van der Waals surface area contributed by atoms with E-state index in [9.17, 15) is 45.0 Å². The summed E-state index contributed by atoms with van der Waals surface area (Å²) >= 11 is 0. The second kappa shape index (κ2) is 14.7. The molecule has 3 aromatic rings. The minimum absolute atomic E-state index is 0.0527. The second-order valence-electron chi connectivity index (χ2n) is 11.8. The van der Waals surface area contributed by atoms with Gasteiger partial charge >= 0.3 is 0 Å². The Morgan fingerprint density at radius 1 is 0.979 bits per heavy atom. The average molecular weight is 662 g/mol. The first-order chi connectivity index (χ1) is 23.0. The Kier molecular flexibility index (Phi) is 10.7. The summed E-state index contributed by atoms with van der Waals surface area (Å²) in [4.78, 5) is 43.1. The molecule has 1 fully saturated rings. The van der Waals surface area contributed by atoms with E-state index < -0.39 is 54.0 Å². The van der Waals surface area contributed by atoms with E-state index in [4.69, 9.17) is 4.74 Å². The molecule has 0 bridgehead atoms. The normalized spacial score (nSPS) is 25.9. The van der Waals surface area contributed by atoms with Gasteiger partial charge in [0.25, 0.3) is 11.8 Å². The highest BCUT2D eigenvalue weighted by atomic mass is 16.6. The second-order valence-corrected chi connectivity index (χ2v) is 11.8. The van der Waals surface area contributed by atoms with Crippen LogP contribution in [0.5, 0.6) is 0 Å². The van der Waals surface area contributed by atoms with Crippen molar-refractivity contribution < 1.29 is 49.8 Å². The van der Waals surface area contributed by atoms with Crippen LogP contribution in [-0.4, -0.2) is 97.1 Å². The number of hydrogen-bond acceptors (Lipinski definition) is 10. The third kappa shape index (κ3) is 6.89. The summed E-state index contributed by atoms with van der Waals surface area (Å²) in [5.41, 5.74) is -0.136. The van der Waals surface area contributed by atoms with E-state index >= 15 is 0 Å². The Morgan fingerprint density at radius 2 is 1.65 bits per heavy atom. The van der Waals surface area contributed by atoms with Crippen LogP contribution in [0.3, 0.4) is 0 Å². The molecule has 7 N–H and O–H groups in total. The number of ether oxygens (including phenoxy) is 1. The van der Waals surface area contributed by atoms with Crippen molar-refractivity contribution in [3.8, 4) is 0 Å². The van der Waals surface area contributed by atoms with Crippen molar-refractivity contribution in [2.45, 2.75) is 56.2 Å². The number of aliphatic hydroxyl groups is 6. The van der Waals surface area contributed by atoms with Gasteiger partial charge in [-0.3, -0.25) is 19.3 Å². The fourth-order valence-corrected chi connectivity index (χ4v) is 5.93. The van der Waals surface area contributed by atoms with E-state index in [0.29, 0.717) is 17.9 Å². The number of carbonyl (C=O) groups excluding carboxylic acids is 3. The summed E-state index contributed by atoms with van der Waals surface area (Å²) < 4.78 is 5.03. The number of benzene rings is 3. The standard InChI is InChI=1S/C35H39N3O10/c1-21(9-8-14-27(40)37(17-18-39)20-22-10-4-2-5-11-22)35(47)25-19-23(36-32(44)31-29(42)28(41)30(43)33(45)48-31)15-16-26(25)38(34(35)46)24-12-6-3-7-13-24/h2-13,15-16,19,21,28-31,33,39,41-43,45,47H,14,17-18,20H2,1H3,(H,36,44)/b9-8+/t21-,28+,29+,30-,31+,33-,35+/m1/s1. The average Bonchev–Trinajstić information content (AvgIpc) is 3.32. The Labute approximate surface area is 276 Å². The topological polar surface area (TPSA) is 200 Å². The molecule has 13 nitrogen and oxygen atoms in total. The molecule has 5 rings (SSSR count). The zero-order chi connectivity index (χ0) is 34.6. The van der Waals surface area contributed by atoms with Crippen molar-refractivity contribution in [2.75, 3.05) is 23.4 Å². The van der Waals surface area contributed by atoms with Gasteiger partial charge < -0.3 is 45.6 Å². The number of nitrogens with zero attached hydrogens (tertiary/aromatic N) is 2. The van der Waals surface area contributed by atoms with Crippen molar-refractivity contribution in [3.05, 3.63) is 102 Å². The molecule has 0 spiro atoms. The molecule has 7 atom stereocenters. The van der Waals surface area contributed by atoms with E-state index in [0.717, 1.165) is 5.56 Å². The molecule has 0 aromatic heterocycles. The van der Waals surface area contributed by atoms with Gasteiger partial charge in [0.1, 0.15) is 18.3 Å². The first kappa shape index (κ1) is 34.9. The quantitative estimate of drug-likeness (QED) is 0.145. The van der Waals surface area contributed by atoms with E-state index in [2.05, 4.69) is 5.32 Å². The predicted molar refractivity (Wildman–Crippen MR) is 173 cm³/mol. The van der Waals surface area contributed by atoms with Crippen molar-refractivity contribution in [1.82, 2.24) is 4.90 Å². The summed E-state index contributed by atoms with van der Waals surface area (Å²) in [6.45, 7) is 1.85. The number of anilines is 3. The maximum absolute atomic E-state index is 14.1. The van der Waals surface area contributed by atoms with Gasteiger partial charge in [0.2, 0.25) is 5.91 Å². The number of rotatable bonds is 11. The first-order valence-electron chi connectivity index (χ1n) is 15.5. The fraction of sp³-hybridized carbons (Fsp3) is 0.343. The summed E-state index contributed by atoms with van der Waals surface area (Å²) in [6.07, 6.45) is -6.09. The number of hydrogen-bond donors (Lipinski definition) is 7. The molecule has 2 aliphatic heterocycles. The molecule has 0 saturated carbocycles. The van der Waals surface area contributed by atoms with Gasteiger partial charge in [-0.05, 0) is 35.9 Å². The van der Waals surface area contributed by atoms with Crippen molar-refractivity contribution in [3.63, 3.8) is 0 Å². The molecular formula is C35H39N3O10. The minimum atomic E-state index is -2.14. The summed E-state index contributed by atoms with van der Waals surface area (Å²) in [5, 5.41) is 64.1.